The van der Waals surface area contributed by atoms with Crippen LogP contribution in [0.15, 0.2) is 90.5 Å². The van der Waals surface area contributed by atoms with Crippen molar-refractivity contribution in [2.75, 3.05) is 11.9 Å². The van der Waals surface area contributed by atoms with E-state index in [4.69, 9.17) is 4.74 Å². The lowest BCUT2D eigenvalue weighted by atomic mass is 9.94. The fourth-order valence-corrected chi connectivity index (χ4v) is 5.17. The highest BCUT2D eigenvalue weighted by Crippen LogP contribution is 2.54. The largest absolute Gasteiger partial charge is 0.444 e. The highest BCUT2D eigenvalue weighted by atomic mass is 32.1. The first-order valence-corrected chi connectivity index (χ1v) is 12.8. The minimum absolute atomic E-state index is 0.0293. The molecule has 1 aliphatic carbocycles. The number of thiol groups is 1. The number of hydrogen-bond donors (Lipinski definition) is 2. The Hall–Kier alpha value is -3.42. The Morgan fingerprint density at radius 3 is 2.44 bits per heavy atom. The minimum Gasteiger partial charge on any atom is -0.444 e. The molecule has 3 aromatic rings. The number of pyridine rings is 1. The van der Waals surface area contributed by atoms with Crippen LogP contribution in [0, 0.1) is 6.92 Å². The predicted octanol–water partition coefficient (Wildman–Crippen LogP) is 7.89. The topological polar surface area (TPSA) is 64.1 Å². The van der Waals surface area contributed by atoms with E-state index in [2.05, 4.69) is 71.3 Å². The third-order valence-corrected chi connectivity index (χ3v) is 7.79. The maximum Gasteiger partial charge on any atom is 0.412 e. The third kappa shape index (κ3) is 5.37. The number of carbonyl (C=O) groups excluding carboxylic acids is 1. The molecule has 0 saturated heterocycles. The van der Waals surface area contributed by atoms with E-state index in [1.54, 1.807) is 18.3 Å². The fourth-order valence-electron chi connectivity index (χ4n) is 3.98. The zero-order valence-electron chi connectivity index (χ0n) is 20.5. The van der Waals surface area contributed by atoms with Crippen molar-refractivity contribution in [2.45, 2.75) is 32.1 Å². The molecule has 184 valence electrons. The second kappa shape index (κ2) is 10.7. The van der Waals surface area contributed by atoms with Crippen LogP contribution in [0.4, 0.5) is 10.5 Å². The molecule has 1 aromatic carbocycles. The van der Waals surface area contributed by atoms with E-state index in [0.29, 0.717) is 11.4 Å². The van der Waals surface area contributed by atoms with Crippen LogP contribution in [-0.2, 0) is 10.2 Å². The van der Waals surface area contributed by atoms with Crippen LogP contribution in [0.3, 0.4) is 0 Å². The Bertz CT molecular complexity index is 1350. The molecule has 36 heavy (non-hydrogen) atoms. The van der Waals surface area contributed by atoms with Crippen molar-refractivity contribution < 1.29 is 9.53 Å². The Kier molecular flexibility index (Phi) is 7.62. The SMILES string of the molecule is C=C/C=C(/COC(=O)Nc1c(C)nsc1-c1ccc(-c2ccc(C3(C(=C)S)CC3)cc2)nc1)C(=C)C. The molecule has 0 atom stereocenters. The van der Waals surface area contributed by atoms with Gasteiger partial charge >= 0.3 is 6.09 Å². The van der Waals surface area contributed by atoms with Gasteiger partial charge in [0.15, 0.2) is 0 Å². The molecular weight excluding hydrogens is 486 g/mol. The zero-order valence-corrected chi connectivity index (χ0v) is 22.2. The van der Waals surface area contributed by atoms with Gasteiger partial charge < -0.3 is 4.74 Å². The molecular formula is C29H29N3O2S2. The van der Waals surface area contributed by atoms with Crippen molar-refractivity contribution in [1.82, 2.24) is 9.36 Å². The van der Waals surface area contributed by atoms with E-state index >= 15 is 0 Å². The van der Waals surface area contributed by atoms with Crippen LogP contribution in [0.25, 0.3) is 21.7 Å². The van der Waals surface area contributed by atoms with Crippen LogP contribution in [-0.4, -0.2) is 22.1 Å². The Labute approximate surface area is 221 Å². The molecule has 1 fully saturated rings. The van der Waals surface area contributed by atoms with Gasteiger partial charge in [-0.3, -0.25) is 10.3 Å². The van der Waals surface area contributed by atoms with Crippen molar-refractivity contribution in [3.63, 3.8) is 0 Å². The quantitative estimate of drug-likeness (QED) is 0.225. The van der Waals surface area contributed by atoms with E-state index in [0.717, 1.165) is 50.6 Å². The van der Waals surface area contributed by atoms with Gasteiger partial charge in [0, 0.05) is 22.7 Å². The molecule has 1 aliphatic rings. The molecule has 7 heteroatoms. The summed E-state index contributed by atoms with van der Waals surface area (Å²) < 4.78 is 9.81. The number of hydrogen-bond acceptors (Lipinski definition) is 6. The number of aryl methyl sites for hydroxylation is 1. The minimum atomic E-state index is -0.558. The number of aromatic nitrogens is 2. The van der Waals surface area contributed by atoms with Gasteiger partial charge in [0.05, 0.1) is 22.0 Å². The Morgan fingerprint density at radius 1 is 1.19 bits per heavy atom. The zero-order chi connectivity index (χ0) is 25.9. The van der Waals surface area contributed by atoms with Gasteiger partial charge in [-0.1, -0.05) is 61.7 Å². The summed E-state index contributed by atoms with van der Waals surface area (Å²) in [6.45, 7) is 15.4. The van der Waals surface area contributed by atoms with Gasteiger partial charge in [0.2, 0.25) is 0 Å². The van der Waals surface area contributed by atoms with Gasteiger partial charge in [0.1, 0.15) is 6.61 Å². The number of benzene rings is 1. The standard InChI is InChI=1S/C29H29N3O2S2/c1-6-7-23(18(2)3)17-34-28(33)31-26-19(4)32-36-27(26)22-10-13-25(30-16-22)21-8-11-24(12-9-21)29(14-15-29)20(5)35/h6-13,16,35H,1-2,5,14-15,17H2,3-4H3,(H,31,33)/b23-7-. The maximum atomic E-state index is 12.5. The average Bonchev–Trinajstić information content (AvgIpc) is 3.61. The average molecular weight is 516 g/mol. The van der Waals surface area contributed by atoms with E-state index in [1.165, 1.54) is 17.1 Å². The number of rotatable bonds is 9. The van der Waals surface area contributed by atoms with Crippen LogP contribution in [0.2, 0.25) is 0 Å². The number of anilines is 1. The molecule has 1 amide bonds. The van der Waals surface area contributed by atoms with Crippen molar-refractivity contribution in [1.29, 1.82) is 0 Å². The second-order valence-corrected chi connectivity index (χ2v) is 10.2. The molecule has 1 saturated carbocycles. The monoisotopic (exact) mass is 515 g/mol. The Morgan fingerprint density at radius 2 is 1.89 bits per heavy atom. The summed E-state index contributed by atoms with van der Waals surface area (Å²) in [5, 5.41) is 2.84. The summed E-state index contributed by atoms with van der Waals surface area (Å²) >= 11 is 5.82. The van der Waals surface area contributed by atoms with E-state index in [9.17, 15) is 4.79 Å². The summed E-state index contributed by atoms with van der Waals surface area (Å²) in [5.74, 6) is 0. The number of nitrogens with one attached hydrogen (secondary N) is 1. The summed E-state index contributed by atoms with van der Waals surface area (Å²) in [5.41, 5.74) is 7.01. The smallest absolute Gasteiger partial charge is 0.412 e. The van der Waals surface area contributed by atoms with Gasteiger partial charge in [0.25, 0.3) is 0 Å². The van der Waals surface area contributed by atoms with Gasteiger partial charge in [-0.05, 0) is 66.4 Å². The first kappa shape index (κ1) is 25.7. The number of allylic oxidation sites excluding steroid dienone is 3. The van der Waals surface area contributed by atoms with Crippen LogP contribution >= 0.6 is 24.2 Å². The van der Waals surface area contributed by atoms with Crippen LogP contribution < -0.4 is 5.32 Å². The molecule has 1 N–H and O–H groups in total. The highest BCUT2D eigenvalue weighted by molar-refractivity contribution is 7.84. The summed E-state index contributed by atoms with van der Waals surface area (Å²) in [6, 6.07) is 12.4. The second-order valence-electron chi connectivity index (χ2n) is 8.92. The fraction of sp³-hybridized carbons (Fsp3) is 0.207. The molecule has 0 spiro atoms. The van der Waals surface area contributed by atoms with Crippen molar-refractivity contribution >= 4 is 35.9 Å². The summed E-state index contributed by atoms with van der Waals surface area (Å²) in [6.07, 6.45) is 6.86. The Balaban J connectivity index is 1.47. The number of amides is 1. The number of carbonyl (C=O) groups is 1. The van der Waals surface area contributed by atoms with Gasteiger partial charge in [-0.25, -0.2) is 4.79 Å². The van der Waals surface area contributed by atoms with Crippen molar-refractivity contribution in [3.8, 4) is 21.7 Å². The molecule has 0 radical (unpaired) electrons. The number of nitrogens with zero attached hydrogens (tertiary/aromatic N) is 2. The van der Waals surface area contributed by atoms with E-state index in [1.807, 2.05) is 26.0 Å². The lowest BCUT2D eigenvalue weighted by molar-refractivity contribution is 0.172. The van der Waals surface area contributed by atoms with Crippen LogP contribution in [0.5, 0.6) is 0 Å². The highest BCUT2D eigenvalue weighted by Gasteiger charge is 2.45. The van der Waals surface area contributed by atoms with E-state index < -0.39 is 6.09 Å². The molecule has 2 heterocycles. The van der Waals surface area contributed by atoms with Crippen molar-refractivity contribution in [3.05, 3.63) is 102 Å². The first-order chi connectivity index (χ1) is 17.2. The molecule has 0 unspecified atom stereocenters. The molecule has 0 bridgehead atoms. The van der Waals surface area contributed by atoms with E-state index in [-0.39, 0.29) is 12.0 Å². The third-order valence-electron chi connectivity index (χ3n) is 6.38. The first-order valence-electron chi connectivity index (χ1n) is 11.6. The molecule has 4 rings (SSSR count). The summed E-state index contributed by atoms with van der Waals surface area (Å²) in [7, 11) is 0. The maximum absolute atomic E-state index is 12.5. The van der Waals surface area contributed by atoms with Gasteiger partial charge in [-0.2, -0.15) is 4.37 Å². The predicted molar refractivity (Wildman–Crippen MR) is 153 cm³/mol. The number of ether oxygens (including phenoxy) is 1. The molecule has 0 aliphatic heterocycles. The molecule has 5 nitrogen and oxygen atoms in total. The lowest BCUT2D eigenvalue weighted by Gasteiger charge is -2.15. The van der Waals surface area contributed by atoms with Gasteiger partial charge in [-0.15, -0.1) is 12.6 Å². The lowest BCUT2D eigenvalue weighted by Crippen LogP contribution is -2.16. The normalized spacial score (nSPS) is 14.1. The molecule has 2 aromatic heterocycles. The summed E-state index contributed by atoms with van der Waals surface area (Å²) in [4.78, 5) is 18.9. The van der Waals surface area contributed by atoms with Crippen LogP contribution in [0.1, 0.15) is 31.0 Å². The van der Waals surface area contributed by atoms with Crippen molar-refractivity contribution in [2.24, 2.45) is 0 Å².